The average Bonchev–Trinajstić information content (AvgIpc) is 3.12. The van der Waals surface area contributed by atoms with Crippen LogP contribution < -0.4 is 15.8 Å². The van der Waals surface area contributed by atoms with Crippen LogP contribution >= 0.6 is 19.8 Å². The number of halogens is 1. The zero-order valence-electron chi connectivity index (χ0n) is 14.0. The van der Waals surface area contributed by atoms with Gasteiger partial charge in [0.15, 0.2) is 5.75 Å². The van der Waals surface area contributed by atoms with Crippen LogP contribution in [0.1, 0.15) is 24.6 Å². The van der Waals surface area contributed by atoms with Gasteiger partial charge in [0.05, 0.1) is 6.10 Å². The number of benzene rings is 1. The summed E-state index contributed by atoms with van der Waals surface area (Å²) in [5.41, 5.74) is -0.412. The van der Waals surface area contributed by atoms with Gasteiger partial charge in [-0.3, -0.25) is 18.9 Å². The minimum Gasteiger partial charge on any atom is -0.352 e. The Kier molecular flexibility index (Phi) is 5.07. The predicted molar refractivity (Wildman–Crippen MR) is 96.4 cm³/mol. The molecule has 3 atom stereocenters. The third-order valence-corrected chi connectivity index (χ3v) is 5.94. The summed E-state index contributed by atoms with van der Waals surface area (Å²) in [6.45, 7) is 0.231. The van der Waals surface area contributed by atoms with E-state index >= 15 is 0 Å². The number of hydrogen-bond donors (Lipinski definition) is 2. The van der Waals surface area contributed by atoms with Crippen molar-refractivity contribution in [2.24, 2.45) is 0 Å². The van der Waals surface area contributed by atoms with Crippen LogP contribution in [0.3, 0.4) is 0 Å². The fraction of sp³-hybridized carbons (Fsp3) is 0.375. The van der Waals surface area contributed by atoms with Crippen molar-refractivity contribution in [3.63, 3.8) is 0 Å². The van der Waals surface area contributed by atoms with Gasteiger partial charge in [0.1, 0.15) is 24.5 Å². The fourth-order valence-electron chi connectivity index (χ4n) is 2.94. The van der Waals surface area contributed by atoms with Gasteiger partial charge in [-0.25, -0.2) is 4.79 Å². The fourth-order valence-corrected chi connectivity index (χ4v) is 4.36. The number of nitrogens with one attached hydrogen (secondary N) is 1. The van der Waals surface area contributed by atoms with Gasteiger partial charge in [0.2, 0.25) is 0 Å². The minimum absolute atomic E-state index is 0.0365. The quantitative estimate of drug-likeness (QED) is 0.736. The molecule has 9 nitrogen and oxygen atoms in total. The van der Waals surface area contributed by atoms with Gasteiger partial charge >= 0.3 is 13.9 Å². The minimum atomic E-state index is -3.48. The van der Waals surface area contributed by atoms with Crippen LogP contribution in [0.5, 0.6) is 5.75 Å². The van der Waals surface area contributed by atoms with Crippen molar-refractivity contribution in [2.45, 2.75) is 31.8 Å². The Morgan fingerprint density at radius 3 is 3.00 bits per heavy atom. The lowest BCUT2D eigenvalue weighted by Crippen LogP contribution is -2.32. The summed E-state index contributed by atoms with van der Waals surface area (Å²) in [5.74, 6) is 0.527. The maximum absolute atomic E-state index is 11.9. The van der Waals surface area contributed by atoms with Gasteiger partial charge in [0, 0.05) is 11.8 Å². The largest absolute Gasteiger partial charge is 0.619 e. The van der Waals surface area contributed by atoms with Crippen LogP contribution in [-0.4, -0.2) is 27.2 Å². The van der Waals surface area contributed by atoms with Gasteiger partial charge in [0.25, 0.3) is 5.56 Å². The molecule has 1 fully saturated rings. The topological polar surface area (TPSA) is 112 Å². The van der Waals surface area contributed by atoms with Crippen molar-refractivity contribution >= 4 is 19.8 Å². The molecule has 1 aromatic heterocycles. The first-order valence-electron chi connectivity index (χ1n) is 8.28. The Bertz CT molecular complexity index is 964. The maximum atomic E-state index is 11.9. The van der Waals surface area contributed by atoms with Gasteiger partial charge in [-0.1, -0.05) is 29.8 Å². The molecule has 27 heavy (non-hydrogen) atoms. The molecule has 0 saturated carbocycles. The lowest BCUT2D eigenvalue weighted by molar-refractivity contribution is -0.0301. The van der Waals surface area contributed by atoms with Crippen LogP contribution in [0.25, 0.3) is 0 Å². The van der Waals surface area contributed by atoms with Gasteiger partial charge in [-0.05, 0) is 18.9 Å². The highest BCUT2D eigenvalue weighted by Gasteiger charge is 2.51. The standard InChI is InChI=1S/C16H16ClN2O7P/c17-12-7-19(16(21)18-15(12)20)14-6-5-11(25-14)9-24-27(22)23-8-10-3-1-2-4-13(10)26-27/h1-4,7,11,14,22H,5-6,8-9H2/p+1. The number of aromatic nitrogens is 2. The molecule has 1 saturated heterocycles. The summed E-state index contributed by atoms with van der Waals surface area (Å²) in [6.07, 6.45) is 1.41. The second-order valence-electron chi connectivity index (χ2n) is 6.17. The normalized spacial score (nSPS) is 27.2. The van der Waals surface area contributed by atoms with Crippen LogP contribution in [0, 0.1) is 0 Å². The van der Waals surface area contributed by atoms with Crippen LogP contribution in [0.2, 0.25) is 5.02 Å². The maximum Gasteiger partial charge on any atom is 0.619 e. The Morgan fingerprint density at radius 2 is 2.15 bits per heavy atom. The number of fused-ring (bicyclic) bond motifs is 1. The molecule has 4 rings (SSSR count). The molecule has 2 aliphatic rings. The van der Waals surface area contributed by atoms with Crippen molar-refractivity contribution in [3.8, 4) is 5.75 Å². The Morgan fingerprint density at radius 1 is 1.33 bits per heavy atom. The van der Waals surface area contributed by atoms with E-state index in [1.807, 2.05) is 12.1 Å². The van der Waals surface area contributed by atoms with Crippen LogP contribution in [0.4, 0.5) is 0 Å². The van der Waals surface area contributed by atoms with E-state index in [0.717, 1.165) is 5.56 Å². The third kappa shape index (κ3) is 3.94. The molecule has 0 aliphatic carbocycles. The Hall–Kier alpha value is -1.74. The molecule has 0 bridgehead atoms. The summed E-state index contributed by atoms with van der Waals surface area (Å²) >= 11 is 5.78. The lowest BCUT2D eigenvalue weighted by atomic mass is 10.2. The first kappa shape index (κ1) is 18.6. The number of ether oxygens (including phenoxy) is 1. The molecule has 0 radical (unpaired) electrons. The van der Waals surface area contributed by atoms with Crippen LogP contribution in [-0.2, 0) is 20.4 Å². The molecule has 0 amide bonds. The van der Waals surface area contributed by atoms with E-state index in [0.29, 0.717) is 18.6 Å². The van der Waals surface area contributed by atoms with Gasteiger partial charge in [-0.2, -0.15) is 4.89 Å². The Labute approximate surface area is 159 Å². The van der Waals surface area contributed by atoms with E-state index in [2.05, 4.69) is 4.98 Å². The van der Waals surface area contributed by atoms with Crippen molar-refractivity contribution < 1.29 is 23.2 Å². The molecule has 2 N–H and O–H groups in total. The van der Waals surface area contributed by atoms with E-state index in [1.54, 1.807) is 12.1 Å². The van der Waals surface area contributed by atoms with E-state index in [1.165, 1.54) is 10.8 Å². The number of hydrogen-bond acceptors (Lipinski definition) is 7. The summed E-state index contributed by atoms with van der Waals surface area (Å²) in [7, 11) is -3.48. The van der Waals surface area contributed by atoms with E-state index < -0.39 is 25.6 Å². The van der Waals surface area contributed by atoms with Crippen molar-refractivity contribution in [1.29, 1.82) is 0 Å². The highest BCUT2D eigenvalue weighted by atomic mass is 35.5. The second-order valence-corrected chi connectivity index (χ2v) is 8.21. The molecule has 3 unspecified atom stereocenters. The van der Waals surface area contributed by atoms with E-state index in [4.69, 9.17) is 29.9 Å². The molecule has 1 aromatic carbocycles. The number of rotatable bonds is 4. The van der Waals surface area contributed by atoms with Crippen LogP contribution in [0.15, 0.2) is 40.1 Å². The smallest absolute Gasteiger partial charge is 0.352 e. The zero-order chi connectivity index (χ0) is 19.0. The molecule has 0 spiro atoms. The number of H-pyrrole nitrogens is 1. The van der Waals surface area contributed by atoms with Crippen molar-refractivity contribution in [2.75, 3.05) is 6.61 Å². The SMILES string of the molecule is O=c1[nH]c(=O)n(C2CCC(CO[P+]3(O)OCc4ccccc4O3)O2)cc1Cl. The molecule has 2 aromatic rings. The van der Waals surface area contributed by atoms with Crippen molar-refractivity contribution in [3.05, 3.63) is 61.9 Å². The van der Waals surface area contributed by atoms with E-state index in [9.17, 15) is 14.5 Å². The van der Waals surface area contributed by atoms with E-state index in [-0.39, 0.29) is 24.3 Å². The first-order chi connectivity index (χ1) is 12.9. The number of nitrogens with zero attached hydrogens (tertiary/aromatic N) is 1. The summed E-state index contributed by atoms with van der Waals surface area (Å²) in [6, 6.07) is 7.23. The molecular formula is C16H17ClN2O7P+. The molecule has 2 aliphatic heterocycles. The van der Waals surface area contributed by atoms with Gasteiger partial charge in [-0.15, -0.1) is 9.05 Å². The van der Waals surface area contributed by atoms with Gasteiger partial charge < -0.3 is 4.74 Å². The monoisotopic (exact) mass is 415 g/mol. The third-order valence-electron chi connectivity index (χ3n) is 4.31. The number of aromatic amines is 1. The molecule has 11 heteroatoms. The second kappa shape index (κ2) is 7.35. The predicted octanol–water partition coefficient (Wildman–Crippen LogP) is 2.16. The summed E-state index contributed by atoms with van der Waals surface area (Å²) < 4.78 is 23.4. The Balaban J connectivity index is 1.38. The number of para-hydroxylation sites is 1. The van der Waals surface area contributed by atoms with Crippen molar-refractivity contribution in [1.82, 2.24) is 9.55 Å². The summed E-state index contributed by atoms with van der Waals surface area (Å²) in [4.78, 5) is 35.9. The zero-order valence-corrected chi connectivity index (χ0v) is 15.7. The molecule has 3 heterocycles. The summed E-state index contributed by atoms with van der Waals surface area (Å²) in [5, 5.41) is -0.0965. The highest BCUT2D eigenvalue weighted by molar-refractivity contribution is 7.55. The highest BCUT2D eigenvalue weighted by Crippen LogP contribution is 2.61. The average molecular weight is 416 g/mol. The molecule has 144 valence electrons. The lowest BCUT2D eigenvalue weighted by Gasteiger charge is -2.22. The molecular weight excluding hydrogens is 399 g/mol. The first-order valence-corrected chi connectivity index (χ1v) is 10.2.